The van der Waals surface area contributed by atoms with Crippen molar-refractivity contribution in [3.05, 3.63) is 0 Å². The number of halogens is 1. The summed E-state index contributed by atoms with van der Waals surface area (Å²) in [5, 5.41) is 9.70. The molecule has 3 N–H and O–H groups in total. The van der Waals surface area contributed by atoms with Crippen molar-refractivity contribution >= 4 is 35.8 Å². The number of aliphatic imine (C=N–C) groups is 1. The Morgan fingerprint density at radius 3 is 2.45 bits per heavy atom. The highest BCUT2D eigenvalue weighted by molar-refractivity contribution is 14.0. The molecule has 0 aromatic heterocycles. The van der Waals surface area contributed by atoms with Crippen LogP contribution in [-0.2, 0) is 4.79 Å². The van der Waals surface area contributed by atoms with Crippen LogP contribution in [0.4, 0.5) is 0 Å². The third-order valence-electron chi connectivity index (χ3n) is 4.43. The fraction of sp³-hybridized carbons (Fsp3) is 0.875. The number of nitrogens with one attached hydrogen (secondary N) is 3. The van der Waals surface area contributed by atoms with Gasteiger partial charge in [0.15, 0.2) is 5.96 Å². The van der Waals surface area contributed by atoms with E-state index in [2.05, 4.69) is 34.8 Å². The Labute approximate surface area is 151 Å². The third kappa shape index (κ3) is 6.71. The SMILES string of the molecule is CCNC(=NCCNC(=O)C1CCCCC1)NC1CC1C.I. The second kappa shape index (κ2) is 10.3. The molecule has 0 bridgehead atoms. The maximum absolute atomic E-state index is 12.0. The van der Waals surface area contributed by atoms with Gasteiger partial charge in [-0.3, -0.25) is 9.79 Å². The second-order valence-corrected chi connectivity index (χ2v) is 6.35. The molecule has 2 rings (SSSR count). The van der Waals surface area contributed by atoms with Crippen LogP contribution in [-0.4, -0.2) is 37.5 Å². The van der Waals surface area contributed by atoms with Crippen LogP contribution in [0.3, 0.4) is 0 Å². The number of guanidine groups is 1. The van der Waals surface area contributed by atoms with Crippen LogP contribution in [0, 0.1) is 11.8 Å². The number of carbonyl (C=O) groups is 1. The predicted molar refractivity (Wildman–Crippen MR) is 102 cm³/mol. The van der Waals surface area contributed by atoms with Gasteiger partial charge in [0.05, 0.1) is 6.54 Å². The summed E-state index contributed by atoms with van der Waals surface area (Å²) in [7, 11) is 0. The van der Waals surface area contributed by atoms with E-state index in [0.717, 1.165) is 31.3 Å². The zero-order valence-corrected chi connectivity index (χ0v) is 16.2. The summed E-state index contributed by atoms with van der Waals surface area (Å²) >= 11 is 0. The Kier molecular flexibility index (Phi) is 9.12. The van der Waals surface area contributed by atoms with E-state index >= 15 is 0 Å². The van der Waals surface area contributed by atoms with Crippen LogP contribution in [0.2, 0.25) is 0 Å². The Hall–Kier alpha value is -0.530. The van der Waals surface area contributed by atoms with Crippen LogP contribution in [0.5, 0.6) is 0 Å². The number of carbonyl (C=O) groups excluding carboxylic acids is 1. The van der Waals surface area contributed by atoms with Gasteiger partial charge in [-0.1, -0.05) is 26.2 Å². The summed E-state index contributed by atoms with van der Waals surface area (Å²) in [6.07, 6.45) is 7.01. The molecule has 6 heteroatoms. The first-order valence-electron chi connectivity index (χ1n) is 8.53. The van der Waals surface area contributed by atoms with Crippen molar-refractivity contribution in [1.29, 1.82) is 0 Å². The first-order chi connectivity index (χ1) is 10.2. The molecule has 0 saturated heterocycles. The lowest BCUT2D eigenvalue weighted by molar-refractivity contribution is -0.125. The molecule has 2 atom stereocenters. The summed E-state index contributed by atoms with van der Waals surface area (Å²) in [6, 6.07) is 0.569. The van der Waals surface area contributed by atoms with Gasteiger partial charge in [-0.15, -0.1) is 24.0 Å². The van der Waals surface area contributed by atoms with Crippen molar-refractivity contribution in [2.45, 2.75) is 58.4 Å². The molecule has 2 fully saturated rings. The van der Waals surface area contributed by atoms with Crippen LogP contribution in [0.25, 0.3) is 0 Å². The van der Waals surface area contributed by atoms with Gasteiger partial charge in [0.25, 0.3) is 0 Å². The summed E-state index contributed by atoms with van der Waals surface area (Å²) in [5.41, 5.74) is 0. The molecular weight excluding hydrogens is 391 g/mol. The van der Waals surface area contributed by atoms with Crippen LogP contribution in [0.15, 0.2) is 4.99 Å². The van der Waals surface area contributed by atoms with Crippen LogP contribution >= 0.6 is 24.0 Å². The molecule has 128 valence electrons. The first kappa shape index (κ1) is 19.5. The molecule has 2 aliphatic carbocycles. The smallest absolute Gasteiger partial charge is 0.223 e. The van der Waals surface area contributed by atoms with E-state index in [9.17, 15) is 4.79 Å². The topological polar surface area (TPSA) is 65.5 Å². The number of hydrogen-bond acceptors (Lipinski definition) is 2. The molecule has 0 aromatic carbocycles. The average molecular weight is 422 g/mol. The van der Waals surface area contributed by atoms with E-state index in [1.54, 1.807) is 0 Å². The molecule has 22 heavy (non-hydrogen) atoms. The standard InChI is InChI=1S/C16H30N4O.HI/c1-3-17-16(20-14-11-12(14)2)19-10-9-18-15(21)13-7-5-4-6-8-13;/h12-14H,3-11H2,1-2H3,(H,18,21)(H2,17,19,20);1H. The minimum absolute atomic E-state index is 0. The van der Waals surface area contributed by atoms with Crippen molar-refractivity contribution in [2.75, 3.05) is 19.6 Å². The highest BCUT2D eigenvalue weighted by Gasteiger charge is 2.33. The van der Waals surface area contributed by atoms with Gasteiger partial charge in [0.1, 0.15) is 0 Å². The fourth-order valence-corrected chi connectivity index (χ4v) is 2.87. The Morgan fingerprint density at radius 1 is 1.18 bits per heavy atom. The summed E-state index contributed by atoms with van der Waals surface area (Å²) in [5.74, 6) is 2.08. The third-order valence-corrected chi connectivity index (χ3v) is 4.43. The molecule has 5 nitrogen and oxygen atoms in total. The van der Waals surface area contributed by atoms with Crippen molar-refractivity contribution in [1.82, 2.24) is 16.0 Å². The molecule has 1 amide bonds. The lowest BCUT2D eigenvalue weighted by Gasteiger charge is -2.20. The Bertz CT molecular complexity index is 369. The molecular formula is C16H31IN4O. The highest BCUT2D eigenvalue weighted by atomic mass is 127. The predicted octanol–water partition coefficient (Wildman–Crippen LogP) is 2.26. The Morgan fingerprint density at radius 2 is 1.86 bits per heavy atom. The van der Waals surface area contributed by atoms with Gasteiger partial charge in [-0.2, -0.15) is 0 Å². The minimum atomic E-state index is 0. The first-order valence-corrected chi connectivity index (χ1v) is 8.53. The van der Waals surface area contributed by atoms with Crippen LogP contribution < -0.4 is 16.0 Å². The normalized spacial score (nSPS) is 25.1. The maximum Gasteiger partial charge on any atom is 0.223 e. The van der Waals surface area contributed by atoms with Gasteiger partial charge in [-0.25, -0.2) is 0 Å². The molecule has 0 radical (unpaired) electrons. The lowest BCUT2D eigenvalue weighted by Crippen LogP contribution is -2.40. The molecule has 0 heterocycles. The summed E-state index contributed by atoms with van der Waals surface area (Å²) in [6.45, 7) is 6.44. The van der Waals surface area contributed by atoms with E-state index in [4.69, 9.17) is 0 Å². The van der Waals surface area contributed by atoms with Gasteiger partial charge >= 0.3 is 0 Å². The van der Waals surface area contributed by atoms with Gasteiger partial charge in [0.2, 0.25) is 5.91 Å². The number of hydrogen-bond donors (Lipinski definition) is 3. The van der Waals surface area contributed by atoms with E-state index in [0.29, 0.717) is 19.1 Å². The fourth-order valence-electron chi connectivity index (χ4n) is 2.87. The van der Waals surface area contributed by atoms with E-state index in [1.165, 1.54) is 25.7 Å². The van der Waals surface area contributed by atoms with Crippen molar-refractivity contribution in [3.63, 3.8) is 0 Å². The number of rotatable bonds is 6. The number of nitrogens with zero attached hydrogens (tertiary/aromatic N) is 1. The van der Waals surface area contributed by atoms with Gasteiger partial charge < -0.3 is 16.0 Å². The van der Waals surface area contributed by atoms with Gasteiger partial charge in [-0.05, 0) is 32.1 Å². The largest absolute Gasteiger partial charge is 0.357 e. The second-order valence-electron chi connectivity index (χ2n) is 6.35. The molecule has 2 saturated carbocycles. The zero-order chi connectivity index (χ0) is 15.1. The Balaban J connectivity index is 0.00000242. The molecule has 0 aromatic rings. The molecule has 2 unspecified atom stereocenters. The van der Waals surface area contributed by atoms with Gasteiger partial charge in [0, 0.05) is 25.0 Å². The lowest BCUT2D eigenvalue weighted by atomic mass is 9.89. The quantitative estimate of drug-likeness (QED) is 0.266. The highest BCUT2D eigenvalue weighted by Crippen LogP contribution is 2.28. The number of amides is 1. The van der Waals surface area contributed by atoms with E-state index in [-0.39, 0.29) is 35.8 Å². The van der Waals surface area contributed by atoms with Crippen molar-refractivity contribution in [2.24, 2.45) is 16.8 Å². The zero-order valence-electron chi connectivity index (χ0n) is 13.9. The molecule has 2 aliphatic rings. The molecule has 0 spiro atoms. The monoisotopic (exact) mass is 422 g/mol. The van der Waals surface area contributed by atoms with E-state index < -0.39 is 0 Å². The van der Waals surface area contributed by atoms with Crippen molar-refractivity contribution < 1.29 is 4.79 Å². The van der Waals surface area contributed by atoms with Crippen molar-refractivity contribution in [3.8, 4) is 0 Å². The van der Waals surface area contributed by atoms with E-state index in [1.807, 2.05) is 0 Å². The maximum atomic E-state index is 12.0. The molecule has 0 aliphatic heterocycles. The summed E-state index contributed by atoms with van der Waals surface area (Å²) < 4.78 is 0. The summed E-state index contributed by atoms with van der Waals surface area (Å²) in [4.78, 5) is 16.5. The average Bonchev–Trinajstić information content (AvgIpc) is 3.19. The minimum Gasteiger partial charge on any atom is -0.357 e. The van der Waals surface area contributed by atoms with Crippen LogP contribution in [0.1, 0.15) is 52.4 Å².